The molecule has 8 nitrogen and oxygen atoms in total. The molecule has 0 spiro atoms. The molecule has 0 aliphatic carbocycles. The summed E-state index contributed by atoms with van der Waals surface area (Å²) in [4.78, 5) is 18.9. The highest BCUT2D eigenvalue weighted by atomic mass is 19.1. The Hall–Kier alpha value is -4.59. The van der Waals surface area contributed by atoms with Crippen molar-refractivity contribution in [3.05, 3.63) is 65.5 Å². The number of hydrogen-bond donors (Lipinski definition) is 1. The number of fused-ring (bicyclic) bond motifs is 4. The standard InChI is InChI=1S/C33H28F2N6O2/c1-3-23-26(34)6-4-18-10-22(42)11-24(28(18)23)31-29(35)32-25(12-36-31)30(27-7-5-21-17-43-9-8-41(21)27)37-33(38-32)40-15-19-13-39(2)14-20(19)16-40/h1,4-7,10-12,19-20,42H,8-9,13-17H2,2H3. The van der Waals surface area contributed by atoms with Crippen molar-refractivity contribution in [3.8, 4) is 40.7 Å². The van der Waals surface area contributed by atoms with Crippen molar-refractivity contribution >= 4 is 27.6 Å². The molecule has 2 saturated heterocycles. The van der Waals surface area contributed by atoms with Crippen LogP contribution in [-0.2, 0) is 17.9 Å². The maximum absolute atomic E-state index is 16.8. The van der Waals surface area contributed by atoms with Crippen LogP contribution in [0.25, 0.3) is 44.3 Å². The number of rotatable bonds is 3. The number of halogens is 2. The number of phenols is 1. The van der Waals surface area contributed by atoms with Gasteiger partial charge in [0.25, 0.3) is 0 Å². The first-order valence-corrected chi connectivity index (χ1v) is 14.4. The highest BCUT2D eigenvalue weighted by Crippen LogP contribution is 2.40. The number of terminal acetylenes is 1. The number of anilines is 1. The van der Waals surface area contributed by atoms with E-state index in [9.17, 15) is 9.50 Å². The van der Waals surface area contributed by atoms with Gasteiger partial charge in [-0.2, -0.15) is 0 Å². The first kappa shape index (κ1) is 26.1. The average Bonchev–Trinajstić information content (AvgIpc) is 3.70. The molecule has 6 heterocycles. The van der Waals surface area contributed by atoms with Gasteiger partial charge in [0.1, 0.15) is 28.5 Å². The van der Waals surface area contributed by atoms with Crippen LogP contribution >= 0.6 is 0 Å². The quantitative estimate of drug-likeness (QED) is 0.308. The Bertz CT molecular complexity index is 1990. The van der Waals surface area contributed by atoms with Gasteiger partial charge in [-0.1, -0.05) is 12.0 Å². The van der Waals surface area contributed by atoms with E-state index in [1.165, 1.54) is 24.3 Å². The summed E-state index contributed by atoms with van der Waals surface area (Å²) in [5, 5.41) is 11.8. The number of aromatic hydroxyl groups is 1. The Morgan fingerprint density at radius 3 is 2.63 bits per heavy atom. The molecule has 2 aromatic carbocycles. The van der Waals surface area contributed by atoms with Crippen molar-refractivity contribution in [2.45, 2.75) is 13.2 Å². The number of likely N-dealkylation sites (tertiary alicyclic amines) is 1. The third kappa shape index (κ3) is 4.07. The number of pyridine rings is 1. The second-order valence-electron chi connectivity index (χ2n) is 11.8. The van der Waals surface area contributed by atoms with Gasteiger partial charge in [0.15, 0.2) is 5.82 Å². The number of benzene rings is 2. The molecule has 3 aliphatic heterocycles. The number of phenolic OH excluding ortho intramolecular Hbond substituents is 1. The maximum Gasteiger partial charge on any atom is 0.226 e. The summed E-state index contributed by atoms with van der Waals surface area (Å²) in [6.07, 6.45) is 7.25. The third-order valence-corrected chi connectivity index (χ3v) is 9.10. The molecule has 0 amide bonds. The molecule has 1 N–H and O–H groups in total. The van der Waals surface area contributed by atoms with Crippen molar-refractivity contribution in [1.29, 1.82) is 0 Å². The Kier molecular flexibility index (Phi) is 5.90. The van der Waals surface area contributed by atoms with Crippen molar-refractivity contribution in [1.82, 2.24) is 24.4 Å². The van der Waals surface area contributed by atoms with Gasteiger partial charge in [-0.25, -0.2) is 18.7 Å². The lowest BCUT2D eigenvalue weighted by molar-refractivity contribution is 0.0856. The fourth-order valence-corrected chi connectivity index (χ4v) is 7.15. The first-order valence-electron chi connectivity index (χ1n) is 14.4. The highest BCUT2D eigenvalue weighted by molar-refractivity contribution is 6.03. The molecule has 10 heteroatoms. The van der Waals surface area contributed by atoms with Gasteiger partial charge in [0.2, 0.25) is 5.95 Å². The summed E-state index contributed by atoms with van der Waals surface area (Å²) < 4.78 is 39.4. The van der Waals surface area contributed by atoms with Crippen LogP contribution in [-0.4, -0.2) is 69.4 Å². The van der Waals surface area contributed by atoms with Gasteiger partial charge >= 0.3 is 0 Å². The molecule has 216 valence electrons. The number of nitrogens with zero attached hydrogens (tertiary/aromatic N) is 6. The fourth-order valence-electron chi connectivity index (χ4n) is 7.15. The van der Waals surface area contributed by atoms with Crippen molar-refractivity contribution in [2.24, 2.45) is 11.8 Å². The third-order valence-electron chi connectivity index (χ3n) is 9.10. The summed E-state index contributed by atoms with van der Waals surface area (Å²) in [6.45, 7) is 5.33. The SMILES string of the molecule is C#Cc1c(F)ccc2cc(O)cc(-c3ncc4c(-c5ccc6n5CCOC6)nc(N5CC6CN(C)CC6C5)nc4c3F)c12. The molecule has 3 aliphatic rings. The summed E-state index contributed by atoms with van der Waals surface area (Å²) in [5.41, 5.74) is 2.67. The Morgan fingerprint density at radius 2 is 1.84 bits per heavy atom. The molecule has 0 saturated carbocycles. The van der Waals surface area contributed by atoms with Crippen LogP contribution in [0, 0.1) is 35.8 Å². The Balaban J connectivity index is 1.36. The molecule has 43 heavy (non-hydrogen) atoms. The molecular weight excluding hydrogens is 550 g/mol. The lowest BCUT2D eigenvalue weighted by Gasteiger charge is -2.22. The fraction of sp³-hybridized carbons (Fsp3) is 0.303. The zero-order chi connectivity index (χ0) is 29.4. The average molecular weight is 579 g/mol. The van der Waals surface area contributed by atoms with Crippen LogP contribution < -0.4 is 4.90 Å². The molecule has 0 radical (unpaired) electrons. The largest absolute Gasteiger partial charge is 0.508 e. The second-order valence-corrected chi connectivity index (χ2v) is 11.8. The summed E-state index contributed by atoms with van der Waals surface area (Å²) in [7, 11) is 2.14. The van der Waals surface area contributed by atoms with Gasteiger partial charge in [0.05, 0.1) is 24.5 Å². The minimum Gasteiger partial charge on any atom is -0.508 e. The summed E-state index contributed by atoms with van der Waals surface area (Å²) in [5.74, 6) is 2.45. The number of hydrogen-bond acceptors (Lipinski definition) is 7. The van der Waals surface area contributed by atoms with E-state index in [0.29, 0.717) is 59.4 Å². The molecule has 8 rings (SSSR count). The monoisotopic (exact) mass is 578 g/mol. The second kappa shape index (κ2) is 9.73. The highest BCUT2D eigenvalue weighted by Gasteiger charge is 2.40. The van der Waals surface area contributed by atoms with Gasteiger partial charge in [-0.3, -0.25) is 4.98 Å². The zero-order valence-corrected chi connectivity index (χ0v) is 23.5. The van der Waals surface area contributed by atoms with Crippen molar-refractivity contribution in [2.75, 3.05) is 44.7 Å². The molecule has 2 fully saturated rings. The predicted molar refractivity (Wildman–Crippen MR) is 160 cm³/mol. The van der Waals surface area contributed by atoms with Crippen LogP contribution in [0.3, 0.4) is 0 Å². The minimum absolute atomic E-state index is 0.0199. The number of aromatic nitrogens is 4. The van der Waals surface area contributed by atoms with Crippen LogP contribution in [0.2, 0.25) is 0 Å². The summed E-state index contributed by atoms with van der Waals surface area (Å²) >= 11 is 0. The van der Waals surface area contributed by atoms with Crippen LogP contribution in [0.15, 0.2) is 42.6 Å². The molecule has 5 aromatic rings. The van der Waals surface area contributed by atoms with Gasteiger partial charge in [0, 0.05) is 61.0 Å². The molecular formula is C33H28F2N6O2. The summed E-state index contributed by atoms with van der Waals surface area (Å²) in [6, 6.07) is 9.57. The van der Waals surface area contributed by atoms with E-state index in [1.807, 2.05) is 12.1 Å². The molecule has 2 unspecified atom stereocenters. The van der Waals surface area contributed by atoms with E-state index in [-0.39, 0.29) is 28.1 Å². The number of ether oxygens (including phenoxy) is 1. The lowest BCUT2D eigenvalue weighted by Crippen LogP contribution is -2.28. The van der Waals surface area contributed by atoms with E-state index in [1.54, 1.807) is 6.20 Å². The van der Waals surface area contributed by atoms with Crippen molar-refractivity contribution in [3.63, 3.8) is 0 Å². The normalized spacial score (nSPS) is 20.1. The Labute approximate surface area is 246 Å². The van der Waals surface area contributed by atoms with Crippen LogP contribution in [0.5, 0.6) is 5.75 Å². The smallest absolute Gasteiger partial charge is 0.226 e. The van der Waals surface area contributed by atoms with Gasteiger partial charge in [-0.05, 0) is 54.6 Å². The molecule has 3 aromatic heterocycles. The van der Waals surface area contributed by atoms with Crippen LogP contribution in [0.1, 0.15) is 11.3 Å². The van der Waals surface area contributed by atoms with E-state index >= 15 is 4.39 Å². The van der Waals surface area contributed by atoms with Crippen LogP contribution in [0.4, 0.5) is 14.7 Å². The Morgan fingerprint density at radius 1 is 1.02 bits per heavy atom. The van der Waals surface area contributed by atoms with E-state index in [2.05, 4.69) is 32.3 Å². The minimum atomic E-state index is -0.686. The van der Waals surface area contributed by atoms with Gasteiger partial charge < -0.3 is 24.2 Å². The van der Waals surface area contributed by atoms with Crippen molar-refractivity contribution < 1.29 is 18.6 Å². The zero-order valence-electron chi connectivity index (χ0n) is 23.5. The topological polar surface area (TPSA) is 79.5 Å². The predicted octanol–water partition coefficient (Wildman–Crippen LogP) is 4.81. The van der Waals surface area contributed by atoms with E-state index in [0.717, 1.165) is 37.6 Å². The maximum atomic E-state index is 16.8. The van der Waals surface area contributed by atoms with Gasteiger partial charge in [-0.15, -0.1) is 6.42 Å². The lowest BCUT2D eigenvalue weighted by atomic mass is 9.95. The molecule has 0 bridgehead atoms. The van der Waals surface area contributed by atoms with E-state index in [4.69, 9.17) is 21.1 Å². The van der Waals surface area contributed by atoms with E-state index < -0.39 is 11.6 Å². The molecule has 2 atom stereocenters. The first-order chi connectivity index (χ1) is 20.9.